The van der Waals surface area contributed by atoms with Gasteiger partial charge in [-0.1, -0.05) is 12.1 Å². The lowest BCUT2D eigenvalue weighted by Gasteiger charge is -2.35. The number of rotatable bonds is 6. The maximum atomic E-state index is 12.4. The molecule has 0 spiro atoms. The number of aliphatic hydroxyl groups excluding tert-OH is 1. The molecule has 2 heterocycles. The van der Waals surface area contributed by atoms with Crippen LogP contribution in [-0.2, 0) is 0 Å². The van der Waals surface area contributed by atoms with Crippen LogP contribution in [0.2, 0.25) is 0 Å². The van der Waals surface area contributed by atoms with Gasteiger partial charge in [0.15, 0.2) is 0 Å². The van der Waals surface area contributed by atoms with Crippen LogP contribution in [0.25, 0.3) is 5.57 Å². The van der Waals surface area contributed by atoms with Crippen molar-refractivity contribution in [2.75, 3.05) is 18.1 Å². The lowest BCUT2D eigenvalue weighted by atomic mass is 10.0. The van der Waals surface area contributed by atoms with Crippen LogP contribution in [0.3, 0.4) is 0 Å². The van der Waals surface area contributed by atoms with Crippen LogP contribution in [0.5, 0.6) is 5.75 Å². The fourth-order valence-corrected chi connectivity index (χ4v) is 2.92. The summed E-state index contributed by atoms with van der Waals surface area (Å²) in [7, 11) is 0. The van der Waals surface area contributed by atoms with Crippen molar-refractivity contribution in [3.63, 3.8) is 0 Å². The normalized spacial score (nSPS) is 16.8. The fraction of sp³-hybridized carbons (Fsp3) is 0.250. The number of allylic oxidation sites excluding steroid dienone is 2. The quantitative estimate of drug-likeness (QED) is 0.788. The van der Waals surface area contributed by atoms with Gasteiger partial charge in [0, 0.05) is 30.3 Å². The Bertz CT molecular complexity index is 846. The SMILES string of the molecule is Cc1ccc(C2=CC=CN(c3ccc(OC(F)(F)F)cc3)C2NCCO)cn1. The maximum absolute atomic E-state index is 12.4. The lowest BCUT2D eigenvalue weighted by molar-refractivity contribution is -0.274. The molecule has 0 amide bonds. The van der Waals surface area contributed by atoms with E-state index in [-0.39, 0.29) is 18.5 Å². The molecule has 2 N–H and O–H groups in total. The number of aliphatic hydroxyl groups is 1. The van der Waals surface area contributed by atoms with Crippen molar-refractivity contribution in [3.8, 4) is 5.75 Å². The summed E-state index contributed by atoms with van der Waals surface area (Å²) in [5.41, 5.74) is 3.41. The summed E-state index contributed by atoms with van der Waals surface area (Å²) in [6.07, 6.45) is 2.33. The Morgan fingerprint density at radius 3 is 2.54 bits per heavy atom. The first kappa shape index (κ1) is 19.9. The number of pyridine rings is 1. The standard InChI is InChI=1S/C20H20F3N3O2/c1-14-4-5-15(13-25-14)18-3-2-11-26(19(18)24-10-12-27)16-6-8-17(9-7-16)28-20(21,22)23/h2-9,11,13,19,24,27H,10,12H2,1H3. The predicted molar refractivity (Wildman–Crippen MR) is 101 cm³/mol. The highest BCUT2D eigenvalue weighted by Gasteiger charge is 2.31. The molecule has 8 heteroatoms. The van der Waals surface area contributed by atoms with Crippen LogP contribution in [-0.4, -0.2) is 35.8 Å². The molecule has 0 fully saturated rings. The van der Waals surface area contributed by atoms with Gasteiger partial charge >= 0.3 is 6.36 Å². The minimum absolute atomic E-state index is 0.0498. The number of aryl methyl sites for hydroxylation is 1. The Balaban J connectivity index is 1.88. The molecule has 0 radical (unpaired) electrons. The zero-order chi connectivity index (χ0) is 20.1. The first-order valence-electron chi connectivity index (χ1n) is 8.67. The van der Waals surface area contributed by atoms with Crippen LogP contribution >= 0.6 is 0 Å². The van der Waals surface area contributed by atoms with Crippen molar-refractivity contribution in [3.05, 3.63) is 72.2 Å². The zero-order valence-corrected chi connectivity index (χ0v) is 15.1. The van der Waals surface area contributed by atoms with E-state index in [2.05, 4.69) is 15.0 Å². The van der Waals surface area contributed by atoms with Crippen molar-refractivity contribution in [1.82, 2.24) is 10.3 Å². The highest BCUT2D eigenvalue weighted by atomic mass is 19.4. The molecule has 3 rings (SSSR count). The molecule has 0 saturated heterocycles. The summed E-state index contributed by atoms with van der Waals surface area (Å²) in [5, 5.41) is 12.5. The number of halogens is 3. The third kappa shape index (κ3) is 4.90. The van der Waals surface area contributed by atoms with E-state index in [4.69, 9.17) is 0 Å². The summed E-state index contributed by atoms with van der Waals surface area (Å²) < 4.78 is 41.1. The highest BCUT2D eigenvalue weighted by Crippen LogP contribution is 2.31. The zero-order valence-electron chi connectivity index (χ0n) is 15.1. The summed E-state index contributed by atoms with van der Waals surface area (Å²) in [5.74, 6) is -0.282. The van der Waals surface area contributed by atoms with Crippen LogP contribution in [0.1, 0.15) is 11.3 Å². The van der Waals surface area contributed by atoms with E-state index in [1.807, 2.05) is 42.3 Å². The summed E-state index contributed by atoms with van der Waals surface area (Å²) in [4.78, 5) is 6.21. The second-order valence-corrected chi connectivity index (χ2v) is 6.18. The third-order valence-electron chi connectivity index (χ3n) is 4.16. The lowest BCUT2D eigenvalue weighted by Crippen LogP contribution is -2.46. The van der Waals surface area contributed by atoms with E-state index < -0.39 is 6.36 Å². The Labute approximate surface area is 160 Å². The van der Waals surface area contributed by atoms with Gasteiger partial charge in [-0.25, -0.2) is 0 Å². The van der Waals surface area contributed by atoms with E-state index >= 15 is 0 Å². The van der Waals surface area contributed by atoms with E-state index in [9.17, 15) is 18.3 Å². The molecule has 1 unspecified atom stereocenters. The van der Waals surface area contributed by atoms with Gasteiger partial charge in [0.05, 0.1) is 6.61 Å². The van der Waals surface area contributed by atoms with Gasteiger partial charge in [-0.05, 0) is 54.5 Å². The summed E-state index contributed by atoms with van der Waals surface area (Å²) in [6, 6.07) is 9.51. The van der Waals surface area contributed by atoms with Crippen LogP contribution in [0, 0.1) is 6.92 Å². The van der Waals surface area contributed by atoms with Gasteiger partial charge in [0.1, 0.15) is 11.9 Å². The number of alkyl halides is 3. The van der Waals surface area contributed by atoms with Crippen molar-refractivity contribution >= 4 is 11.3 Å². The fourth-order valence-electron chi connectivity index (χ4n) is 2.92. The Morgan fingerprint density at radius 2 is 1.93 bits per heavy atom. The number of hydrogen-bond donors (Lipinski definition) is 2. The number of ether oxygens (including phenoxy) is 1. The molecule has 1 aromatic carbocycles. The van der Waals surface area contributed by atoms with Crippen molar-refractivity contribution < 1.29 is 23.0 Å². The third-order valence-corrected chi connectivity index (χ3v) is 4.16. The predicted octanol–water partition coefficient (Wildman–Crippen LogP) is 3.61. The topological polar surface area (TPSA) is 57.6 Å². The Kier molecular flexibility index (Phi) is 6.01. The monoisotopic (exact) mass is 391 g/mol. The van der Waals surface area contributed by atoms with E-state index in [1.54, 1.807) is 18.3 Å². The maximum Gasteiger partial charge on any atom is 0.573 e. The number of anilines is 1. The largest absolute Gasteiger partial charge is 0.573 e. The van der Waals surface area contributed by atoms with E-state index in [0.717, 1.165) is 16.8 Å². The summed E-state index contributed by atoms with van der Waals surface area (Å²) >= 11 is 0. The van der Waals surface area contributed by atoms with Gasteiger partial charge in [0.25, 0.3) is 0 Å². The first-order chi connectivity index (χ1) is 13.4. The average molecular weight is 391 g/mol. The van der Waals surface area contributed by atoms with E-state index in [1.165, 1.54) is 12.1 Å². The molecule has 5 nitrogen and oxygen atoms in total. The van der Waals surface area contributed by atoms with Gasteiger partial charge < -0.3 is 14.7 Å². The van der Waals surface area contributed by atoms with Crippen LogP contribution < -0.4 is 15.0 Å². The molecule has 1 aliphatic rings. The van der Waals surface area contributed by atoms with Gasteiger partial charge in [0.2, 0.25) is 0 Å². The Morgan fingerprint density at radius 1 is 1.18 bits per heavy atom. The molecule has 0 aliphatic carbocycles. The minimum Gasteiger partial charge on any atom is -0.406 e. The minimum atomic E-state index is -4.73. The highest BCUT2D eigenvalue weighted by molar-refractivity contribution is 5.76. The van der Waals surface area contributed by atoms with Gasteiger partial charge in [-0.15, -0.1) is 13.2 Å². The average Bonchev–Trinajstić information content (AvgIpc) is 2.66. The molecular formula is C20H20F3N3O2. The second kappa shape index (κ2) is 8.45. The van der Waals surface area contributed by atoms with Crippen LogP contribution in [0.4, 0.5) is 18.9 Å². The molecule has 148 valence electrons. The molecular weight excluding hydrogens is 371 g/mol. The second-order valence-electron chi connectivity index (χ2n) is 6.18. The van der Waals surface area contributed by atoms with E-state index in [0.29, 0.717) is 12.2 Å². The molecule has 0 saturated carbocycles. The number of nitrogens with one attached hydrogen (secondary N) is 1. The Hall–Kier alpha value is -2.84. The number of nitrogens with zero attached hydrogens (tertiary/aromatic N) is 2. The molecule has 2 aromatic rings. The van der Waals surface area contributed by atoms with Gasteiger partial charge in [-0.3, -0.25) is 10.3 Å². The summed E-state index contributed by atoms with van der Waals surface area (Å²) in [6.45, 7) is 2.20. The van der Waals surface area contributed by atoms with Crippen molar-refractivity contribution in [2.45, 2.75) is 19.5 Å². The van der Waals surface area contributed by atoms with Crippen molar-refractivity contribution in [1.29, 1.82) is 0 Å². The smallest absolute Gasteiger partial charge is 0.406 e. The first-order valence-corrected chi connectivity index (χ1v) is 8.67. The molecule has 0 bridgehead atoms. The van der Waals surface area contributed by atoms with Gasteiger partial charge in [-0.2, -0.15) is 0 Å². The number of hydrogen-bond acceptors (Lipinski definition) is 5. The van der Waals surface area contributed by atoms with Crippen molar-refractivity contribution in [2.24, 2.45) is 0 Å². The molecule has 28 heavy (non-hydrogen) atoms. The van der Waals surface area contributed by atoms with Crippen LogP contribution in [0.15, 0.2) is 60.9 Å². The molecule has 1 aromatic heterocycles. The molecule has 1 aliphatic heterocycles. The molecule has 1 atom stereocenters. The number of benzene rings is 1. The number of aromatic nitrogens is 1.